The number of aromatic nitrogens is 1. The van der Waals surface area contributed by atoms with E-state index in [1.165, 1.54) is 23.5 Å². The Morgan fingerprint density at radius 1 is 1.16 bits per heavy atom. The largest absolute Gasteiger partial charge is 0.321 e. The van der Waals surface area contributed by atoms with E-state index in [2.05, 4.69) is 11.1 Å². The van der Waals surface area contributed by atoms with Gasteiger partial charge in [-0.2, -0.15) is 5.26 Å². The number of nitriles is 1. The van der Waals surface area contributed by atoms with Gasteiger partial charge in [-0.15, -0.1) is 11.3 Å². The van der Waals surface area contributed by atoms with Crippen molar-refractivity contribution >= 4 is 38.9 Å². The van der Waals surface area contributed by atoms with Gasteiger partial charge in [0.25, 0.3) is 5.91 Å². The predicted molar refractivity (Wildman–Crippen MR) is 119 cm³/mol. The Kier molecular flexibility index (Phi) is 5.81. The van der Waals surface area contributed by atoms with Gasteiger partial charge in [-0.25, -0.2) is 18.5 Å². The van der Waals surface area contributed by atoms with E-state index < -0.39 is 16.1 Å². The minimum Gasteiger partial charge on any atom is -0.321 e. The number of nitrogens with zero attached hydrogens (tertiary/aromatic N) is 3. The van der Waals surface area contributed by atoms with Crippen molar-refractivity contribution in [3.63, 3.8) is 0 Å². The second kappa shape index (κ2) is 8.40. The third-order valence-electron chi connectivity index (χ3n) is 5.04. The van der Waals surface area contributed by atoms with Crippen molar-refractivity contribution in [1.82, 2.24) is 9.88 Å². The molecule has 0 radical (unpaired) electrons. The Balaban J connectivity index is 1.80. The number of likely N-dealkylation sites (tertiary alicyclic amines) is 1. The van der Waals surface area contributed by atoms with Gasteiger partial charge < -0.3 is 4.90 Å². The molecule has 31 heavy (non-hydrogen) atoms. The Labute approximate surface area is 188 Å². The smallest absolute Gasteiger partial charge is 0.283 e. The second-order valence-electron chi connectivity index (χ2n) is 7.06. The van der Waals surface area contributed by atoms with Gasteiger partial charge in [0.05, 0.1) is 21.5 Å². The lowest BCUT2D eigenvalue weighted by atomic mass is 10.1. The Morgan fingerprint density at radius 2 is 1.81 bits per heavy atom. The van der Waals surface area contributed by atoms with E-state index in [0.29, 0.717) is 34.1 Å². The molecule has 0 spiro atoms. The molecule has 1 aliphatic rings. The SMILES string of the molecule is N#CC1CCCN1C(=O)c1nc(-c2ccc(Cl)cc2)c(-c2ccc(S(N)(=O)=O)cc2)s1. The molecule has 3 aromatic rings. The zero-order chi connectivity index (χ0) is 22.2. The van der Waals surface area contributed by atoms with Crippen LogP contribution < -0.4 is 5.14 Å². The van der Waals surface area contributed by atoms with Crippen molar-refractivity contribution < 1.29 is 13.2 Å². The molecular weight excluding hydrogens is 456 g/mol. The number of nitrogens with two attached hydrogens (primary N) is 1. The third kappa shape index (κ3) is 4.34. The molecular formula is C21H17ClN4O3S2. The van der Waals surface area contributed by atoms with Crippen LogP contribution in [0, 0.1) is 11.3 Å². The van der Waals surface area contributed by atoms with E-state index in [0.717, 1.165) is 12.0 Å². The summed E-state index contributed by atoms with van der Waals surface area (Å²) in [4.78, 5) is 20.0. The van der Waals surface area contributed by atoms with E-state index in [4.69, 9.17) is 16.7 Å². The van der Waals surface area contributed by atoms with Crippen molar-refractivity contribution in [2.24, 2.45) is 5.14 Å². The van der Waals surface area contributed by atoms with Crippen LogP contribution in [0.1, 0.15) is 22.6 Å². The average Bonchev–Trinajstić information content (AvgIpc) is 3.41. The lowest BCUT2D eigenvalue weighted by Crippen LogP contribution is -2.34. The van der Waals surface area contributed by atoms with Gasteiger partial charge in [-0.1, -0.05) is 35.9 Å². The minimum atomic E-state index is -3.82. The molecule has 2 aromatic carbocycles. The lowest BCUT2D eigenvalue weighted by molar-refractivity contribution is 0.0764. The fourth-order valence-electron chi connectivity index (χ4n) is 3.47. The maximum absolute atomic E-state index is 13.1. The number of rotatable bonds is 4. The van der Waals surface area contributed by atoms with Crippen molar-refractivity contribution in [2.45, 2.75) is 23.8 Å². The summed E-state index contributed by atoms with van der Waals surface area (Å²) in [6.07, 6.45) is 1.43. The molecule has 10 heteroatoms. The molecule has 1 unspecified atom stereocenters. The number of primary sulfonamides is 1. The predicted octanol–water partition coefficient (Wildman–Crippen LogP) is 3.91. The van der Waals surface area contributed by atoms with Crippen molar-refractivity contribution in [2.75, 3.05) is 6.54 Å². The number of hydrogen-bond acceptors (Lipinski definition) is 6. The van der Waals surface area contributed by atoms with Crippen LogP contribution >= 0.6 is 22.9 Å². The Bertz CT molecular complexity index is 1280. The van der Waals surface area contributed by atoms with Gasteiger partial charge in [-0.05, 0) is 42.7 Å². The standard InChI is InChI=1S/C21H17ClN4O3S2/c22-15-7-3-13(4-8-15)18-19(14-5-9-17(10-6-14)31(24,28)29)30-20(25-18)21(27)26-11-1-2-16(26)12-23/h3-10,16H,1-2,11H2,(H2,24,28,29). The first-order valence-electron chi connectivity index (χ1n) is 9.38. The molecule has 1 amide bonds. The summed E-state index contributed by atoms with van der Waals surface area (Å²) in [5.41, 5.74) is 2.05. The van der Waals surface area contributed by atoms with E-state index in [1.54, 1.807) is 29.2 Å². The average molecular weight is 473 g/mol. The number of hydrogen-bond donors (Lipinski definition) is 1. The summed E-state index contributed by atoms with van der Waals surface area (Å²) in [5, 5.41) is 15.4. The van der Waals surface area contributed by atoms with Crippen LogP contribution in [-0.2, 0) is 10.0 Å². The summed E-state index contributed by atoms with van der Waals surface area (Å²) in [7, 11) is -3.82. The molecule has 2 heterocycles. The molecule has 0 bridgehead atoms. The van der Waals surface area contributed by atoms with Crippen molar-refractivity contribution in [3.05, 3.63) is 58.6 Å². The molecule has 0 saturated carbocycles. The summed E-state index contributed by atoms with van der Waals surface area (Å²) in [6, 6.07) is 14.9. The minimum absolute atomic E-state index is 0.000892. The summed E-state index contributed by atoms with van der Waals surface area (Å²) in [6.45, 7) is 0.519. The van der Waals surface area contributed by atoms with Crippen LogP contribution in [0.5, 0.6) is 0 Å². The molecule has 1 saturated heterocycles. The highest BCUT2D eigenvalue weighted by Gasteiger charge is 2.32. The lowest BCUT2D eigenvalue weighted by Gasteiger charge is -2.17. The maximum Gasteiger partial charge on any atom is 0.283 e. The van der Waals surface area contributed by atoms with E-state index in [9.17, 15) is 18.5 Å². The molecule has 1 aliphatic heterocycles. The van der Waals surface area contributed by atoms with Crippen LogP contribution in [-0.4, -0.2) is 36.8 Å². The summed E-state index contributed by atoms with van der Waals surface area (Å²) >= 11 is 7.22. The zero-order valence-corrected chi connectivity index (χ0v) is 18.5. The Hall–Kier alpha value is -2.77. The topological polar surface area (TPSA) is 117 Å². The number of thiazole rings is 1. The zero-order valence-electron chi connectivity index (χ0n) is 16.2. The molecule has 4 rings (SSSR count). The molecule has 1 atom stereocenters. The van der Waals surface area contributed by atoms with Gasteiger partial charge in [0, 0.05) is 17.1 Å². The van der Waals surface area contributed by atoms with Crippen LogP contribution in [0.3, 0.4) is 0 Å². The van der Waals surface area contributed by atoms with Crippen LogP contribution in [0.4, 0.5) is 0 Å². The van der Waals surface area contributed by atoms with Crippen LogP contribution in [0.15, 0.2) is 53.4 Å². The number of carbonyl (C=O) groups is 1. The monoisotopic (exact) mass is 472 g/mol. The van der Waals surface area contributed by atoms with Crippen molar-refractivity contribution in [1.29, 1.82) is 5.26 Å². The molecule has 2 N–H and O–H groups in total. The summed E-state index contributed by atoms with van der Waals surface area (Å²) in [5.74, 6) is -0.281. The van der Waals surface area contributed by atoms with Crippen LogP contribution in [0.2, 0.25) is 5.02 Å². The van der Waals surface area contributed by atoms with Gasteiger partial charge in [0.1, 0.15) is 6.04 Å². The van der Waals surface area contributed by atoms with Gasteiger partial charge in [0.2, 0.25) is 10.0 Å². The van der Waals surface area contributed by atoms with Crippen LogP contribution in [0.25, 0.3) is 21.7 Å². The number of halogens is 1. The fourth-order valence-corrected chi connectivity index (χ4v) is 5.16. The van der Waals surface area contributed by atoms with E-state index in [1.807, 2.05) is 12.1 Å². The van der Waals surface area contributed by atoms with Gasteiger partial charge >= 0.3 is 0 Å². The van der Waals surface area contributed by atoms with Crippen molar-refractivity contribution in [3.8, 4) is 27.8 Å². The molecule has 158 valence electrons. The second-order valence-corrected chi connectivity index (χ2v) is 10.1. The highest BCUT2D eigenvalue weighted by atomic mass is 35.5. The molecule has 1 aromatic heterocycles. The van der Waals surface area contributed by atoms with Gasteiger partial charge in [-0.3, -0.25) is 4.79 Å². The highest BCUT2D eigenvalue weighted by molar-refractivity contribution is 7.89. The Morgan fingerprint density at radius 3 is 2.42 bits per heavy atom. The number of sulfonamides is 1. The first-order chi connectivity index (χ1) is 14.8. The molecule has 7 nitrogen and oxygen atoms in total. The number of carbonyl (C=O) groups excluding carboxylic acids is 1. The molecule has 1 fully saturated rings. The maximum atomic E-state index is 13.1. The first-order valence-corrected chi connectivity index (χ1v) is 12.1. The molecule has 0 aliphatic carbocycles. The van der Waals surface area contributed by atoms with E-state index in [-0.39, 0.29) is 15.8 Å². The fraction of sp³-hybridized carbons (Fsp3) is 0.190. The first kappa shape index (κ1) is 21.5. The van der Waals surface area contributed by atoms with E-state index >= 15 is 0 Å². The summed E-state index contributed by atoms with van der Waals surface area (Å²) < 4.78 is 23.2. The quantitative estimate of drug-likeness (QED) is 0.617. The third-order valence-corrected chi connectivity index (χ3v) is 7.31. The normalized spacial score (nSPS) is 16.3. The number of amides is 1. The highest BCUT2D eigenvalue weighted by Crippen LogP contribution is 2.38. The number of benzene rings is 2. The van der Waals surface area contributed by atoms with Gasteiger partial charge in [0.15, 0.2) is 5.01 Å².